The molecule has 1 atom stereocenters. The van der Waals surface area contributed by atoms with E-state index in [1.165, 1.54) is 0 Å². The van der Waals surface area contributed by atoms with Crippen molar-refractivity contribution in [1.29, 1.82) is 0 Å². The van der Waals surface area contributed by atoms with Gasteiger partial charge >= 0.3 is 0 Å². The van der Waals surface area contributed by atoms with Gasteiger partial charge < -0.3 is 10.1 Å². The molecule has 102 valence electrons. The Morgan fingerprint density at radius 3 is 2.56 bits per heavy atom. The zero-order chi connectivity index (χ0) is 13.4. The van der Waals surface area contributed by atoms with Gasteiger partial charge in [-0.15, -0.1) is 0 Å². The molecule has 0 bridgehead atoms. The first-order valence-electron chi connectivity index (χ1n) is 6.64. The van der Waals surface area contributed by atoms with Gasteiger partial charge in [0, 0.05) is 19.5 Å². The van der Waals surface area contributed by atoms with Gasteiger partial charge in [-0.3, -0.25) is 0 Å². The normalized spacial score (nSPS) is 13.6. The lowest BCUT2D eigenvalue weighted by molar-refractivity contribution is 0.0115. The maximum atomic E-state index is 5.46. The molecule has 4 nitrogen and oxygen atoms in total. The zero-order valence-electron chi connectivity index (χ0n) is 11.9. The number of ether oxygens (including phenoxy) is 1. The van der Waals surface area contributed by atoms with Crippen LogP contribution in [0, 0.1) is 0 Å². The topological polar surface area (TPSA) is 47.0 Å². The van der Waals surface area contributed by atoms with E-state index in [-0.39, 0.29) is 11.6 Å². The third-order valence-corrected chi connectivity index (χ3v) is 3.13. The first kappa shape index (κ1) is 15.1. The maximum absolute atomic E-state index is 5.46. The molecule has 0 saturated heterocycles. The van der Waals surface area contributed by atoms with Crippen LogP contribution in [0.25, 0.3) is 0 Å². The molecular weight excluding hydrogens is 226 g/mol. The fraction of sp³-hybridized carbons (Fsp3) is 0.714. The molecule has 0 spiro atoms. The largest absolute Gasteiger partial charge is 0.379 e. The molecule has 0 aromatic carbocycles. The van der Waals surface area contributed by atoms with E-state index in [9.17, 15) is 0 Å². The SMILES string of the molecule is CCCNC(CCC(C)(C)OC)c1ncccn1. The monoisotopic (exact) mass is 251 g/mol. The summed E-state index contributed by atoms with van der Waals surface area (Å²) in [5.41, 5.74) is -0.0963. The van der Waals surface area contributed by atoms with E-state index in [1.807, 2.05) is 6.07 Å². The molecule has 1 N–H and O–H groups in total. The zero-order valence-corrected chi connectivity index (χ0v) is 11.9. The summed E-state index contributed by atoms with van der Waals surface area (Å²) in [5.74, 6) is 0.873. The number of nitrogens with one attached hydrogen (secondary N) is 1. The van der Waals surface area contributed by atoms with Crippen LogP contribution in [-0.4, -0.2) is 29.2 Å². The van der Waals surface area contributed by atoms with Gasteiger partial charge in [0.2, 0.25) is 0 Å². The number of rotatable bonds is 8. The summed E-state index contributed by atoms with van der Waals surface area (Å²) < 4.78 is 5.46. The highest BCUT2D eigenvalue weighted by Crippen LogP contribution is 2.22. The van der Waals surface area contributed by atoms with Crippen molar-refractivity contribution in [3.05, 3.63) is 24.3 Å². The molecule has 0 aliphatic heterocycles. The van der Waals surface area contributed by atoms with Gasteiger partial charge in [-0.2, -0.15) is 0 Å². The molecule has 1 heterocycles. The highest BCUT2D eigenvalue weighted by molar-refractivity contribution is 4.96. The van der Waals surface area contributed by atoms with Gasteiger partial charge in [-0.05, 0) is 45.7 Å². The maximum Gasteiger partial charge on any atom is 0.145 e. The summed E-state index contributed by atoms with van der Waals surface area (Å²) in [4.78, 5) is 8.69. The first-order valence-corrected chi connectivity index (χ1v) is 6.64. The van der Waals surface area contributed by atoms with E-state index in [0.29, 0.717) is 0 Å². The minimum absolute atomic E-state index is 0.0963. The Balaban J connectivity index is 2.62. The quantitative estimate of drug-likeness (QED) is 0.771. The first-order chi connectivity index (χ1) is 8.59. The molecule has 0 saturated carbocycles. The van der Waals surface area contributed by atoms with Crippen LogP contribution in [0.1, 0.15) is 51.9 Å². The lowest BCUT2D eigenvalue weighted by atomic mass is 9.98. The molecule has 4 heteroatoms. The number of nitrogens with zero attached hydrogens (tertiary/aromatic N) is 2. The molecular formula is C14H25N3O. The van der Waals surface area contributed by atoms with Crippen LogP contribution in [0.2, 0.25) is 0 Å². The number of hydrogen-bond acceptors (Lipinski definition) is 4. The molecule has 0 fully saturated rings. The van der Waals surface area contributed by atoms with Crippen LogP contribution in [0.4, 0.5) is 0 Å². The summed E-state index contributed by atoms with van der Waals surface area (Å²) in [6.07, 6.45) is 6.65. The van der Waals surface area contributed by atoms with Gasteiger partial charge in [0.15, 0.2) is 0 Å². The van der Waals surface area contributed by atoms with Gasteiger partial charge in [0.1, 0.15) is 5.82 Å². The van der Waals surface area contributed by atoms with E-state index in [4.69, 9.17) is 4.74 Å². The van der Waals surface area contributed by atoms with Crippen molar-refractivity contribution in [3.63, 3.8) is 0 Å². The van der Waals surface area contributed by atoms with Crippen molar-refractivity contribution in [2.75, 3.05) is 13.7 Å². The number of hydrogen-bond donors (Lipinski definition) is 1. The van der Waals surface area contributed by atoms with Crippen LogP contribution in [0.3, 0.4) is 0 Å². The van der Waals surface area contributed by atoms with Crippen molar-refractivity contribution in [2.24, 2.45) is 0 Å². The number of aromatic nitrogens is 2. The van der Waals surface area contributed by atoms with Crippen molar-refractivity contribution >= 4 is 0 Å². The van der Waals surface area contributed by atoms with Crippen molar-refractivity contribution in [3.8, 4) is 0 Å². The second-order valence-electron chi connectivity index (χ2n) is 5.12. The Kier molecular flexibility index (Phi) is 6.22. The van der Waals surface area contributed by atoms with Crippen LogP contribution < -0.4 is 5.32 Å². The average molecular weight is 251 g/mol. The van der Waals surface area contributed by atoms with Crippen LogP contribution >= 0.6 is 0 Å². The summed E-state index contributed by atoms with van der Waals surface area (Å²) >= 11 is 0. The predicted molar refractivity (Wildman–Crippen MR) is 73.4 cm³/mol. The molecule has 0 amide bonds. The van der Waals surface area contributed by atoms with E-state index in [1.54, 1.807) is 19.5 Å². The minimum Gasteiger partial charge on any atom is -0.379 e. The van der Waals surface area contributed by atoms with Gasteiger partial charge in [0.25, 0.3) is 0 Å². The third kappa shape index (κ3) is 5.10. The van der Waals surface area contributed by atoms with Gasteiger partial charge in [-0.1, -0.05) is 6.92 Å². The van der Waals surface area contributed by atoms with Crippen molar-refractivity contribution in [1.82, 2.24) is 15.3 Å². The highest BCUT2D eigenvalue weighted by Gasteiger charge is 2.21. The second kappa shape index (κ2) is 7.44. The van der Waals surface area contributed by atoms with E-state index >= 15 is 0 Å². The van der Waals surface area contributed by atoms with Crippen LogP contribution in [-0.2, 0) is 4.74 Å². The fourth-order valence-corrected chi connectivity index (χ4v) is 1.73. The Bertz CT molecular complexity index is 327. The summed E-state index contributed by atoms with van der Waals surface area (Å²) in [5, 5.41) is 3.50. The molecule has 1 rings (SSSR count). The summed E-state index contributed by atoms with van der Waals surface area (Å²) in [6, 6.07) is 2.06. The molecule has 0 radical (unpaired) electrons. The van der Waals surface area contributed by atoms with Crippen molar-refractivity contribution in [2.45, 2.75) is 51.7 Å². The molecule has 1 aromatic rings. The fourth-order valence-electron chi connectivity index (χ4n) is 1.73. The van der Waals surface area contributed by atoms with E-state index in [0.717, 1.165) is 31.6 Å². The summed E-state index contributed by atoms with van der Waals surface area (Å²) in [7, 11) is 1.76. The van der Waals surface area contributed by atoms with Crippen LogP contribution in [0.5, 0.6) is 0 Å². The van der Waals surface area contributed by atoms with E-state index in [2.05, 4.69) is 36.1 Å². The molecule has 1 unspecified atom stereocenters. The van der Waals surface area contributed by atoms with E-state index < -0.39 is 0 Å². The Hall–Kier alpha value is -1.00. The minimum atomic E-state index is -0.0963. The standard InChI is InChI=1S/C14H25N3O/c1-5-9-15-12(7-8-14(2,3)18-4)13-16-10-6-11-17-13/h6,10-12,15H,5,7-9H2,1-4H3. The van der Waals surface area contributed by atoms with Gasteiger partial charge in [0.05, 0.1) is 11.6 Å². The highest BCUT2D eigenvalue weighted by atomic mass is 16.5. The third-order valence-electron chi connectivity index (χ3n) is 3.13. The Morgan fingerprint density at radius 2 is 2.00 bits per heavy atom. The van der Waals surface area contributed by atoms with Gasteiger partial charge in [-0.25, -0.2) is 9.97 Å². The summed E-state index contributed by atoms with van der Waals surface area (Å²) in [6.45, 7) is 7.36. The number of methoxy groups -OCH3 is 1. The van der Waals surface area contributed by atoms with Crippen molar-refractivity contribution < 1.29 is 4.74 Å². The van der Waals surface area contributed by atoms with Crippen LogP contribution in [0.15, 0.2) is 18.5 Å². The Labute approximate surface area is 110 Å². The Morgan fingerprint density at radius 1 is 1.33 bits per heavy atom. The molecule has 0 aliphatic rings. The molecule has 18 heavy (non-hydrogen) atoms. The molecule has 0 aliphatic carbocycles. The lowest BCUT2D eigenvalue weighted by Crippen LogP contribution is -2.28. The smallest absolute Gasteiger partial charge is 0.145 e. The molecule has 1 aromatic heterocycles. The predicted octanol–water partition coefficient (Wildman–Crippen LogP) is 2.72. The second-order valence-corrected chi connectivity index (χ2v) is 5.12. The lowest BCUT2D eigenvalue weighted by Gasteiger charge is -2.25. The average Bonchev–Trinajstić information content (AvgIpc) is 2.40.